The van der Waals surface area contributed by atoms with E-state index in [2.05, 4.69) is 15.5 Å². The minimum Gasteiger partial charge on any atom is -0.231 e. The Morgan fingerprint density at radius 1 is 1.42 bits per heavy atom. The van der Waals surface area contributed by atoms with Crippen LogP contribution in [0.5, 0.6) is 0 Å². The van der Waals surface area contributed by atoms with Crippen LogP contribution in [-0.4, -0.2) is 40.0 Å². The molecule has 0 aliphatic heterocycles. The van der Waals surface area contributed by atoms with Crippen LogP contribution in [0.1, 0.15) is 5.82 Å². The number of tetrazole rings is 1. The molecule has 0 N–H and O–H groups in total. The predicted octanol–water partition coefficient (Wildman–Crippen LogP) is 0.684. The molecule has 0 unspecified atom stereocenters. The van der Waals surface area contributed by atoms with Gasteiger partial charge in [-0.25, -0.2) is 13.1 Å². The summed E-state index contributed by atoms with van der Waals surface area (Å²) in [6, 6.07) is 6.11. The van der Waals surface area contributed by atoms with E-state index in [1.807, 2.05) is 0 Å². The first-order valence-corrected chi connectivity index (χ1v) is 7.16. The van der Waals surface area contributed by atoms with Crippen molar-refractivity contribution in [3.63, 3.8) is 0 Å². The minimum absolute atomic E-state index is 0.0817. The maximum atomic E-state index is 12.3. The van der Waals surface area contributed by atoms with E-state index in [1.54, 1.807) is 19.2 Å². The molecule has 0 atom stereocenters. The molecule has 0 bridgehead atoms. The van der Waals surface area contributed by atoms with E-state index in [0.717, 1.165) is 0 Å². The zero-order chi connectivity index (χ0) is 14.0. The molecule has 0 saturated heterocycles. The lowest BCUT2D eigenvalue weighted by Gasteiger charge is -2.16. The van der Waals surface area contributed by atoms with Crippen LogP contribution in [0.4, 0.5) is 0 Å². The summed E-state index contributed by atoms with van der Waals surface area (Å²) >= 11 is 5.80. The number of hydrogen-bond donors (Lipinski definition) is 0. The fraction of sp³-hybridized carbons (Fsp3) is 0.300. The van der Waals surface area contributed by atoms with Gasteiger partial charge in [0.1, 0.15) is 0 Å². The van der Waals surface area contributed by atoms with Crippen LogP contribution < -0.4 is 0 Å². The van der Waals surface area contributed by atoms with Crippen LogP contribution in [-0.2, 0) is 23.6 Å². The van der Waals surface area contributed by atoms with Gasteiger partial charge in [0.25, 0.3) is 0 Å². The largest absolute Gasteiger partial charge is 0.243 e. The maximum Gasteiger partial charge on any atom is 0.243 e. The van der Waals surface area contributed by atoms with Crippen LogP contribution in [0.3, 0.4) is 0 Å². The second kappa shape index (κ2) is 5.24. The highest BCUT2D eigenvalue weighted by molar-refractivity contribution is 7.89. The fourth-order valence-electron chi connectivity index (χ4n) is 1.47. The summed E-state index contributed by atoms with van der Waals surface area (Å²) in [5.74, 6) is 0.452. The van der Waals surface area contributed by atoms with Crippen molar-refractivity contribution in [2.45, 2.75) is 11.4 Å². The van der Waals surface area contributed by atoms with Crippen LogP contribution in [0.2, 0.25) is 5.02 Å². The van der Waals surface area contributed by atoms with Gasteiger partial charge < -0.3 is 0 Å². The number of aryl methyl sites for hydroxylation is 1. The van der Waals surface area contributed by atoms with Gasteiger partial charge in [-0.3, -0.25) is 0 Å². The number of halogens is 1. The van der Waals surface area contributed by atoms with Crippen LogP contribution in [0.25, 0.3) is 0 Å². The molecule has 1 aromatic carbocycles. The van der Waals surface area contributed by atoms with Gasteiger partial charge in [-0.2, -0.15) is 4.31 Å². The molecular formula is C10H12ClN5O2S. The molecule has 0 saturated carbocycles. The van der Waals surface area contributed by atoms with Gasteiger partial charge in [-0.15, -0.1) is 5.10 Å². The van der Waals surface area contributed by atoms with E-state index in [4.69, 9.17) is 11.6 Å². The average Bonchev–Trinajstić information content (AvgIpc) is 2.75. The Morgan fingerprint density at radius 3 is 2.74 bits per heavy atom. The number of benzene rings is 1. The van der Waals surface area contributed by atoms with Crippen LogP contribution in [0, 0.1) is 0 Å². The lowest BCUT2D eigenvalue weighted by molar-refractivity contribution is 0.447. The minimum atomic E-state index is -3.61. The lowest BCUT2D eigenvalue weighted by atomic mass is 10.4. The summed E-state index contributed by atoms with van der Waals surface area (Å²) < 4.78 is 27.2. The molecule has 7 nitrogen and oxygen atoms in total. The summed E-state index contributed by atoms with van der Waals surface area (Å²) in [6.07, 6.45) is 0. The smallest absolute Gasteiger partial charge is 0.231 e. The highest BCUT2D eigenvalue weighted by Crippen LogP contribution is 2.19. The first kappa shape index (κ1) is 13.9. The Hall–Kier alpha value is -1.51. The zero-order valence-corrected chi connectivity index (χ0v) is 11.9. The maximum absolute atomic E-state index is 12.3. The third-order valence-corrected chi connectivity index (χ3v) is 4.61. The van der Waals surface area contributed by atoms with Crippen molar-refractivity contribution in [2.75, 3.05) is 7.05 Å². The Labute approximate surface area is 115 Å². The number of rotatable bonds is 4. The molecular weight excluding hydrogens is 290 g/mol. The van der Waals surface area contributed by atoms with E-state index < -0.39 is 10.0 Å². The second-order valence-corrected chi connectivity index (χ2v) is 6.42. The summed E-state index contributed by atoms with van der Waals surface area (Å²) in [7, 11) is -0.503. The van der Waals surface area contributed by atoms with Gasteiger partial charge in [0.15, 0.2) is 5.82 Å². The molecule has 2 aromatic rings. The monoisotopic (exact) mass is 301 g/mol. The van der Waals surface area contributed by atoms with Gasteiger partial charge in [0, 0.05) is 19.1 Å². The summed E-state index contributed by atoms with van der Waals surface area (Å²) in [5.41, 5.74) is 0. The molecule has 0 amide bonds. The normalized spacial score (nSPS) is 12.0. The molecule has 0 spiro atoms. The lowest BCUT2D eigenvalue weighted by Crippen LogP contribution is -2.27. The van der Waals surface area contributed by atoms with Gasteiger partial charge in [-0.05, 0) is 28.6 Å². The average molecular weight is 302 g/mol. The molecule has 0 aliphatic rings. The molecule has 0 aliphatic carbocycles. The Kier molecular flexibility index (Phi) is 3.83. The number of sulfonamides is 1. The molecule has 0 fully saturated rings. The number of aromatic nitrogens is 4. The first-order chi connectivity index (χ1) is 8.91. The molecule has 1 aromatic heterocycles. The van der Waals surface area contributed by atoms with Crippen molar-refractivity contribution in [3.05, 3.63) is 35.1 Å². The van der Waals surface area contributed by atoms with Gasteiger partial charge in [0.05, 0.1) is 11.4 Å². The third-order valence-electron chi connectivity index (χ3n) is 2.58. The molecule has 1 heterocycles. The van der Waals surface area contributed by atoms with E-state index in [1.165, 1.54) is 28.2 Å². The van der Waals surface area contributed by atoms with Crippen molar-refractivity contribution < 1.29 is 8.42 Å². The van der Waals surface area contributed by atoms with Crippen molar-refractivity contribution in [1.82, 2.24) is 24.5 Å². The van der Waals surface area contributed by atoms with Gasteiger partial charge in [0.2, 0.25) is 10.0 Å². The van der Waals surface area contributed by atoms with Gasteiger partial charge >= 0.3 is 0 Å². The Bertz CT molecular complexity index is 685. The predicted molar refractivity (Wildman–Crippen MR) is 68.9 cm³/mol. The fourth-order valence-corrected chi connectivity index (χ4v) is 2.90. The molecule has 9 heteroatoms. The highest BCUT2D eigenvalue weighted by atomic mass is 35.5. The molecule has 0 radical (unpaired) electrons. The van der Waals surface area contributed by atoms with Crippen molar-refractivity contribution in [2.24, 2.45) is 7.05 Å². The van der Waals surface area contributed by atoms with Crippen molar-refractivity contribution >= 4 is 21.6 Å². The quantitative estimate of drug-likeness (QED) is 0.829. The van der Waals surface area contributed by atoms with Gasteiger partial charge in [-0.1, -0.05) is 17.7 Å². The van der Waals surface area contributed by atoms with Crippen molar-refractivity contribution in [3.8, 4) is 0 Å². The standard InChI is InChI=1S/C10H12ClN5O2S/c1-15(7-10-12-13-14-16(10)2)19(17,18)9-5-3-4-8(11)6-9/h3-6H,7H2,1-2H3. The summed E-state index contributed by atoms with van der Waals surface area (Å²) in [4.78, 5) is 0.137. The third kappa shape index (κ3) is 2.91. The Balaban J connectivity index is 2.27. The van der Waals surface area contributed by atoms with E-state index in [-0.39, 0.29) is 11.4 Å². The van der Waals surface area contributed by atoms with E-state index >= 15 is 0 Å². The zero-order valence-electron chi connectivity index (χ0n) is 10.4. The van der Waals surface area contributed by atoms with Crippen molar-refractivity contribution in [1.29, 1.82) is 0 Å². The highest BCUT2D eigenvalue weighted by Gasteiger charge is 2.22. The SMILES string of the molecule is CN(Cc1nnnn1C)S(=O)(=O)c1cccc(Cl)c1. The second-order valence-electron chi connectivity index (χ2n) is 3.94. The molecule has 2 rings (SSSR count). The van der Waals surface area contributed by atoms with E-state index in [0.29, 0.717) is 10.8 Å². The first-order valence-electron chi connectivity index (χ1n) is 5.34. The molecule has 19 heavy (non-hydrogen) atoms. The summed E-state index contributed by atoms with van der Waals surface area (Å²) in [6.45, 7) is 0.0817. The molecule has 102 valence electrons. The summed E-state index contributed by atoms with van der Waals surface area (Å²) in [5, 5.41) is 11.2. The van der Waals surface area contributed by atoms with Crippen LogP contribution >= 0.6 is 11.6 Å². The number of hydrogen-bond acceptors (Lipinski definition) is 5. The Morgan fingerprint density at radius 2 is 2.16 bits per heavy atom. The number of nitrogens with zero attached hydrogens (tertiary/aromatic N) is 5. The van der Waals surface area contributed by atoms with Crippen LogP contribution in [0.15, 0.2) is 29.2 Å². The van der Waals surface area contributed by atoms with E-state index in [9.17, 15) is 8.42 Å². The topological polar surface area (TPSA) is 81.0 Å².